The summed E-state index contributed by atoms with van der Waals surface area (Å²) < 4.78 is 5.61. The molecule has 3 nitrogen and oxygen atoms in total. The van der Waals surface area contributed by atoms with Crippen LogP contribution in [-0.4, -0.2) is 22.8 Å². The highest BCUT2D eigenvalue weighted by Crippen LogP contribution is 2.40. The topological polar surface area (TPSA) is 33.5 Å². The highest BCUT2D eigenvalue weighted by molar-refractivity contribution is 8.00. The summed E-state index contributed by atoms with van der Waals surface area (Å²) in [4.78, 5) is 15.3. The maximum Gasteiger partial charge on any atom is 0.234 e. The molecule has 1 saturated heterocycles. The van der Waals surface area contributed by atoms with E-state index in [0.717, 1.165) is 11.5 Å². The van der Waals surface area contributed by atoms with Crippen molar-refractivity contribution >= 4 is 29.4 Å². The van der Waals surface area contributed by atoms with Gasteiger partial charge in [-0.2, -0.15) is 0 Å². The summed E-state index contributed by atoms with van der Waals surface area (Å²) in [6.07, 6.45) is 2.06. The summed E-state index contributed by atoms with van der Waals surface area (Å²) >= 11 is 3.40. The van der Waals surface area contributed by atoms with Crippen molar-refractivity contribution in [2.75, 3.05) is 12.0 Å². The smallest absolute Gasteiger partial charge is 0.234 e. The first-order valence-electron chi connectivity index (χ1n) is 6.77. The number of carbonyl (C=O) groups excluding carboxylic acids is 1. The molecule has 0 saturated carbocycles. The molecule has 2 aromatic rings. The Labute approximate surface area is 133 Å². The first kappa shape index (κ1) is 14.6. The van der Waals surface area contributed by atoms with E-state index in [1.54, 1.807) is 23.5 Å². The summed E-state index contributed by atoms with van der Waals surface area (Å²) in [5, 5.41) is 0.0822. The Kier molecular flexibility index (Phi) is 4.31. The number of rotatable bonds is 4. The van der Waals surface area contributed by atoms with Crippen LogP contribution in [0.2, 0.25) is 0 Å². The van der Waals surface area contributed by atoms with Crippen molar-refractivity contribution in [3.05, 3.63) is 53.5 Å². The molecule has 0 N–H and O–H groups in total. The van der Waals surface area contributed by atoms with Crippen LogP contribution < -0.4 is 0 Å². The Morgan fingerprint density at radius 1 is 1.29 bits per heavy atom. The second-order valence-electron chi connectivity index (χ2n) is 4.97. The summed E-state index contributed by atoms with van der Waals surface area (Å²) in [6.45, 7) is 2.46. The number of amides is 1. The van der Waals surface area contributed by atoms with Gasteiger partial charge in [-0.3, -0.25) is 4.79 Å². The van der Waals surface area contributed by atoms with Crippen LogP contribution in [0, 0.1) is 6.92 Å². The number of carbonyl (C=O) groups is 1. The molecule has 1 aromatic heterocycles. The zero-order chi connectivity index (χ0) is 14.8. The third-order valence-corrected chi connectivity index (χ3v) is 5.49. The highest BCUT2D eigenvalue weighted by atomic mass is 32.2. The SMILES string of the molecule is CSc1ccc(C2SCC(=O)N2Cc2ccc(C)o2)cc1. The third kappa shape index (κ3) is 3.14. The van der Waals surface area contributed by atoms with E-state index >= 15 is 0 Å². The summed E-state index contributed by atoms with van der Waals surface area (Å²) in [7, 11) is 0. The van der Waals surface area contributed by atoms with Gasteiger partial charge in [0.2, 0.25) is 5.91 Å². The molecule has 0 aliphatic carbocycles. The molecule has 21 heavy (non-hydrogen) atoms. The normalized spacial score (nSPS) is 18.5. The fourth-order valence-electron chi connectivity index (χ4n) is 2.41. The van der Waals surface area contributed by atoms with Crippen molar-refractivity contribution in [1.82, 2.24) is 4.90 Å². The standard InChI is InChI=1S/C16H17NO2S2/c1-11-3-6-13(19-11)9-17-15(18)10-21-16(17)12-4-7-14(20-2)8-5-12/h3-8,16H,9-10H2,1-2H3. The second kappa shape index (κ2) is 6.20. The third-order valence-electron chi connectivity index (χ3n) is 3.49. The number of hydrogen-bond donors (Lipinski definition) is 0. The van der Waals surface area contributed by atoms with Gasteiger partial charge in [-0.05, 0) is 43.0 Å². The minimum Gasteiger partial charge on any atom is -0.464 e. The lowest BCUT2D eigenvalue weighted by molar-refractivity contribution is -0.128. The quantitative estimate of drug-likeness (QED) is 0.795. The molecule has 2 heterocycles. The molecular weight excluding hydrogens is 302 g/mol. The van der Waals surface area contributed by atoms with Gasteiger partial charge in [0.25, 0.3) is 0 Å². The molecule has 1 aromatic carbocycles. The zero-order valence-electron chi connectivity index (χ0n) is 12.0. The average Bonchev–Trinajstić information content (AvgIpc) is 3.07. The Bertz CT molecular complexity index is 636. The Balaban J connectivity index is 1.81. The van der Waals surface area contributed by atoms with E-state index < -0.39 is 0 Å². The van der Waals surface area contributed by atoms with Gasteiger partial charge in [0.1, 0.15) is 16.9 Å². The molecule has 0 radical (unpaired) electrons. The molecule has 3 rings (SSSR count). The Morgan fingerprint density at radius 2 is 2.05 bits per heavy atom. The van der Waals surface area contributed by atoms with Gasteiger partial charge in [0.15, 0.2) is 0 Å². The minimum absolute atomic E-state index is 0.0822. The molecule has 5 heteroatoms. The summed E-state index contributed by atoms with van der Waals surface area (Å²) in [5.74, 6) is 2.43. The van der Waals surface area contributed by atoms with E-state index in [2.05, 4.69) is 30.5 Å². The highest BCUT2D eigenvalue weighted by Gasteiger charge is 2.33. The number of nitrogens with zero attached hydrogens (tertiary/aromatic N) is 1. The van der Waals surface area contributed by atoms with E-state index in [9.17, 15) is 4.79 Å². The van der Waals surface area contributed by atoms with Crippen LogP contribution in [-0.2, 0) is 11.3 Å². The number of furan rings is 1. The number of thioether (sulfide) groups is 2. The molecule has 1 fully saturated rings. The van der Waals surface area contributed by atoms with Crippen molar-refractivity contribution < 1.29 is 9.21 Å². The minimum atomic E-state index is 0.0822. The van der Waals surface area contributed by atoms with E-state index in [0.29, 0.717) is 12.3 Å². The zero-order valence-corrected chi connectivity index (χ0v) is 13.7. The fourth-order valence-corrected chi connectivity index (χ4v) is 4.00. The molecule has 1 aliphatic rings. The monoisotopic (exact) mass is 319 g/mol. The Morgan fingerprint density at radius 3 is 2.67 bits per heavy atom. The molecule has 1 atom stereocenters. The fraction of sp³-hybridized carbons (Fsp3) is 0.312. The molecule has 1 unspecified atom stereocenters. The van der Waals surface area contributed by atoms with Crippen LogP contribution in [0.3, 0.4) is 0 Å². The van der Waals surface area contributed by atoms with Crippen molar-refractivity contribution in [3.8, 4) is 0 Å². The lowest BCUT2D eigenvalue weighted by atomic mass is 10.2. The summed E-state index contributed by atoms with van der Waals surface area (Å²) in [6, 6.07) is 12.3. The van der Waals surface area contributed by atoms with Crippen molar-refractivity contribution in [2.45, 2.75) is 23.7 Å². The van der Waals surface area contributed by atoms with Crippen LogP contribution in [0.4, 0.5) is 0 Å². The van der Waals surface area contributed by atoms with Crippen molar-refractivity contribution in [2.24, 2.45) is 0 Å². The number of hydrogen-bond acceptors (Lipinski definition) is 4. The molecule has 0 spiro atoms. The predicted octanol–water partition coefficient (Wildman–Crippen LogP) is 4.08. The van der Waals surface area contributed by atoms with Crippen LogP contribution in [0.1, 0.15) is 22.5 Å². The lowest BCUT2D eigenvalue weighted by Crippen LogP contribution is -2.27. The number of benzene rings is 1. The first-order chi connectivity index (χ1) is 10.2. The van der Waals surface area contributed by atoms with Gasteiger partial charge in [-0.15, -0.1) is 23.5 Å². The van der Waals surface area contributed by atoms with Gasteiger partial charge in [0.05, 0.1) is 12.3 Å². The largest absolute Gasteiger partial charge is 0.464 e. The van der Waals surface area contributed by atoms with E-state index in [1.807, 2.05) is 24.0 Å². The molecule has 110 valence electrons. The van der Waals surface area contributed by atoms with Gasteiger partial charge >= 0.3 is 0 Å². The summed E-state index contributed by atoms with van der Waals surface area (Å²) in [5.41, 5.74) is 1.17. The lowest BCUT2D eigenvalue weighted by Gasteiger charge is -2.23. The van der Waals surface area contributed by atoms with E-state index in [1.165, 1.54) is 10.5 Å². The van der Waals surface area contributed by atoms with Crippen LogP contribution in [0.15, 0.2) is 45.7 Å². The van der Waals surface area contributed by atoms with Crippen LogP contribution >= 0.6 is 23.5 Å². The molecule has 0 bridgehead atoms. The van der Waals surface area contributed by atoms with Gasteiger partial charge in [-0.1, -0.05) is 12.1 Å². The van der Waals surface area contributed by atoms with Crippen molar-refractivity contribution in [3.63, 3.8) is 0 Å². The number of aryl methyl sites for hydroxylation is 1. The van der Waals surface area contributed by atoms with Gasteiger partial charge in [-0.25, -0.2) is 0 Å². The second-order valence-corrected chi connectivity index (χ2v) is 6.92. The molecule has 1 aliphatic heterocycles. The predicted molar refractivity (Wildman–Crippen MR) is 87.4 cm³/mol. The average molecular weight is 319 g/mol. The van der Waals surface area contributed by atoms with Crippen LogP contribution in [0.5, 0.6) is 0 Å². The van der Waals surface area contributed by atoms with E-state index in [4.69, 9.17) is 4.42 Å². The molecule has 1 amide bonds. The van der Waals surface area contributed by atoms with Gasteiger partial charge < -0.3 is 9.32 Å². The molecular formula is C16H17NO2S2. The van der Waals surface area contributed by atoms with Crippen molar-refractivity contribution in [1.29, 1.82) is 0 Å². The van der Waals surface area contributed by atoms with Gasteiger partial charge in [0, 0.05) is 4.90 Å². The Hall–Kier alpha value is -1.33. The maximum absolute atomic E-state index is 12.2. The van der Waals surface area contributed by atoms with Crippen LogP contribution in [0.25, 0.3) is 0 Å². The maximum atomic E-state index is 12.2. The van der Waals surface area contributed by atoms with E-state index in [-0.39, 0.29) is 11.3 Å². The first-order valence-corrected chi connectivity index (χ1v) is 9.05.